The summed E-state index contributed by atoms with van der Waals surface area (Å²) in [6, 6.07) is 6.19. The standard InChI is InChI=1S/C30H32O13/c31-13-17-11-24(37)23(36)10-16(17)3-7-21(34)26-8-5-19-28(43-26)27(39)25(38)12-30(19,29(40)41)42-14-18(32)4-1-15-2-6-20(33)22(35)9-15/h1-4,6-7,9-11,19,25-28,31,33,35-39H,5,8,12-14H2,(H,40,41)/t19-,25+,26+,27+,28-,30+/m0/s1. The first kappa shape index (κ1) is 31.7. The quantitative estimate of drug-likeness (QED) is 0.141. The molecule has 2 aromatic rings. The predicted octanol–water partition coefficient (Wildman–Crippen LogP) is 0.995. The van der Waals surface area contributed by atoms with Crippen molar-refractivity contribution in [2.24, 2.45) is 5.92 Å². The molecule has 0 bridgehead atoms. The molecule has 0 unspecified atom stereocenters. The summed E-state index contributed by atoms with van der Waals surface area (Å²) >= 11 is 0. The molecular weight excluding hydrogens is 568 g/mol. The van der Waals surface area contributed by atoms with Crippen LogP contribution in [0.1, 0.15) is 36.0 Å². The van der Waals surface area contributed by atoms with Gasteiger partial charge >= 0.3 is 5.97 Å². The Kier molecular flexibility index (Phi) is 9.52. The number of aliphatic carboxylic acids is 1. The van der Waals surface area contributed by atoms with Gasteiger partial charge in [0.1, 0.15) is 18.8 Å². The fourth-order valence-corrected chi connectivity index (χ4v) is 5.44. The van der Waals surface area contributed by atoms with Gasteiger partial charge in [-0.2, -0.15) is 0 Å². The second-order valence-corrected chi connectivity index (χ2v) is 10.5. The van der Waals surface area contributed by atoms with Gasteiger partial charge in [0.05, 0.1) is 18.8 Å². The van der Waals surface area contributed by atoms with Crippen LogP contribution < -0.4 is 0 Å². The molecule has 0 spiro atoms. The number of aliphatic hydroxyl groups is 3. The number of carboxylic acids is 1. The number of benzene rings is 2. The lowest BCUT2D eigenvalue weighted by Gasteiger charge is -2.51. The molecular formula is C30H32O13. The van der Waals surface area contributed by atoms with Crippen LogP contribution in [0.2, 0.25) is 0 Å². The van der Waals surface area contributed by atoms with Crippen LogP contribution in [0.3, 0.4) is 0 Å². The SMILES string of the molecule is O=C(C=Cc1ccc(O)c(O)c1)CO[C@]1(C(=O)O)C[C@@H](O)[C@@H](O)[C@H]2O[C@@H](C(=O)C=Cc3cc(O)c(O)cc3CO)CC[C@@H]21. The minimum Gasteiger partial charge on any atom is -0.504 e. The number of hydrogen-bond donors (Lipinski definition) is 8. The molecule has 8 N–H and O–H groups in total. The first-order chi connectivity index (χ1) is 20.4. The second-order valence-electron chi connectivity index (χ2n) is 10.5. The number of fused-ring (bicyclic) bond motifs is 1. The van der Waals surface area contributed by atoms with Crippen molar-refractivity contribution in [1.82, 2.24) is 0 Å². The molecule has 2 aromatic carbocycles. The molecule has 0 radical (unpaired) electrons. The lowest BCUT2D eigenvalue weighted by molar-refractivity contribution is -0.250. The van der Waals surface area contributed by atoms with Gasteiger partial charge in [-0.25, -0.2) is 4.79 Å². The fraction of sp³-hybridized carbons (Fsp3) is 0.367. The largest absolute Gasteiger partial charge is 0.504 e. The number of phenolic OH excluding ortho intramolecular Hbond substituents is 4. The zero-order chi connectivity index (χ0) is 31.5. The summed E-state index contributed by atoms with van der Waals surface area (Å²) in [5.74, 6) is -5.35. The molecule has 2 aliphatic rings. The molecule has 6 atom stereocenters. The van der Waals surface area contributed by atoms with E-state index in [-0.39, 0.29) is 29.7 Å². The van der Waals surface area contributed by atoms with Crippen molar-refractivity contribution >= 4 is 29.7 Å². The van der Waals surface area contributed by atoms with Crippen LogP contribution in [0, 0.1) is 5.92 Å². The monoisotopic (exact) mass is 600 g/mol. The second kappa shape index (κ2) is 12.9. The maximum absolute atomic E-state index is 13.0. The number of carboxylic acid groups (broad SMARTS) is 1. The number of aromatic hydroxyl groups is 4. The Morgan fingerprint density at radius 1 is 0.930 bits per heavy atom. The number of phenols is 4. The zero-order valence-corrected chi connectivity index (χ0v) is 22.7. The number of hydrogen-bond acceptors (Lipinski definition) is 12. The molecule has 1 aliphatic carbocycles. The first-order valence-electron chi connectivity index (χ1n) is 13.4. The van der Waals surface area contributed by atoms with Gasteiger partial charge in [0.15, 0.2) is 40.2 Å². The van der Waals surface area contributed by atoms with Gasteiger partial charge in [0.25, 0.3) is 0 Å². The van der Waals surface area contributed by atoms with Crippen LogP contribution in [0.25, 0.3) is 12.2 Å². The van der Waals surface area contributed by atoms with Gasteiger partial charge in [-0.05, 0) is 65.9 Å². The fourth-order valence-electron chi connectivity index (χ4n) is 5.44. The van der Waals surface area contributed by atoms with Gasteiger partial charge in [-0.3, -0.25) is 9.59 Å². The molecule has 2 fully saturated rings. The van der Waals surface area contributed by atoms with Crippen LogP contribution in [-0.2, 0) is 30.5 Å². The molecule has 4 rings (SSSR count). The van der Waals surface area contributed by atoms with E-state index >= 15 is 0 Å². The average molecular weight is 601 g/mol. The topological polar surface area (TPSA) is 232 Å². The number of carbonyl (C=O) groups excluding carboxylic acids is 2. The molecule has 230 valence electrons. The molecule has 1 saturated heterocycles. The summed E-state index contributed by atoms with van der Waals surface area (Å²) in [6.45, 7) is -1.18. The van der Waals surface area contributed by atoms with Crippen LogP contribution in [-0.4, -0.2) is 95.0 Å². The third-order valence-corrected chi connectivity index (χ3v) is 7.75. The summed E-state index contributed by atoms with van der Waals surface area (Å²) in [5.41, 5.74) is -1.24. The van der Waals surface area contributed by atoms with E-state index in [1.54, 1.807) is 0 Å². The van der Waals surface area contributed by atoms with E-state index in [9.17, 15) is 55.2 Å². The lowest BCUT2D eigenvalue weighted by Crippen LogP contribution is -2.66. The first-order valence-corrected chi connectivity index (χ1v) is 13.4. The summed E-state index contributed by atoms with van der Waals surface area (Å²) in [6.07, 6.45) is -1.23. The van der Waals surface area contributed by atoms with Crippen molar-refractivity contribution in [2.45, 2.75) is 55.9 Å². The number of ether oxygens (including phenoxy) is 2. The number of rotatable bonds is 10. The van der Waals surface area contributed by atoms with Crippen LogP contribution in [0.15, 0.2) is 42.5 Å². The van der Waals surface area contributed by atoms with Crippen LogP contribution in [0.5, 0.6) is 23.0 Å². The van der Waals surface area contributed by atoms with Gasteiger partial charge in [-0.15, -0.1) is 0 Å². The van der Waals surface area contributed by atoms with Gasteiger partial charge in [-0.1, -0.05) is 18.2 Å². The van der Waals surface area contributed by atoms with E-state index in [0.29, 0.717) is 5.56 Å². The summed E-state index contributed by atoms with van der Waals surface area (Å²) in [7, 11) is 0. The highest BCUT2D eigenvalue weighted by Gasteiger charge is 2.60. The Balaban J connectivity index is 1.48. The third-order valence-electron chi connectivity index (χ3n) is 7.75. The van der Waals surface area contributed by atoms with Crippen LogP contribution >= 0.6 is 0 Å². The minimum atomic E-state index is -2.12. The molecule has 13 heteroatoms. The highest BCUT2D eigenvalue weighted by molar-refractivity contribution is 5.97. The molecule has 1 heterocycles. The van der Waals surface area contributed by atoms with Crippen molar-refractivity contribution < 1.29 is 64.7 Å². The van der Waals surface area contributed by atoms with Crippen molar-refractivity contribution in [1.29, 1.82) is 0 Å². The Bertz CT molecular complexity index is 1450. The van der Waals surface area contributed by atoms with Gasteiger partial charge in [0.2, 0.25) is 0 Å². The lowest BCUT2D eigenvalue weighted by atomic mass is 9.67. The summed E-state index contributed by atoms with van der Waals surface area (Å²) in [4.78, 5) is 38.0. The Hall–Kier alpha value is -4.27. The van der Waals surface area contributed by atoms with E-state index in [2.05, 4.69) is 0 Å². The minimum absolute atomic E-state index is 0.0252. The molecule has 43 heavy (non-hydrogen) atoms. The smallest absolute Gasteiger partial charge is 0.336 e. The molecule has 1 saturated carbocycles. The zero-order valence-electron chi connectivity index (χ0n) is 22.7. The Morgan fingerprint density at radius 3 is 2.30 bits per heavy atom. The van der Waals surface area contributed by atoms with Crippen molar-refractivity contribution in [3.63, 3.8) is 0 Å². The van der Waals surface area contributed by atoms with Gasteiger partial charge in [0, 0.05) is 12.3 Å². The maximum Gasteiger partial charge on any atom is 0.336 e. The van der Waals surface area contributed by atoms with E-state index < -0.39 is 90.4 Å². The van der Waals surface area contributed by atoms with E-state index in [0.717, 1.165) is 24.3 Å². The van der Waals surface area contributed by atoms with Crippen molar-refractivity contribution in [2.75, 3.05) is 6.61 Å². The Morgan fingerprint density at radius 2 is 1.63 bits per heavy atom. The van der Waals surface area contributed by atoms with Crippen LogP contribution in [0.4, 0.5) is 0 Å². The van der Waals surface area contributed by atoms with Crippen molar-refractivity contribution in [3.8, 4) is 23.0 Å². The maximum atomic E-state index is 13.0. The summed E-state index contributed by atoms with van der Waals surface area (Å²) < 4.78 is 11.5. The number of ketones is 2. The molecule has 13 nitrogen and oxygen atoms in total. The van der Waals surface area contributed by atoms with E-state index in [1.165, 1.54) is 30.4 Å². The highest BCUT2D eigenvalue weighted by atomic mass is 16.5. The average Bonchev–Trinajstić information content (AvgIpc) is 2.98. The number of carbonyl (C=O) groups is 3. The molecule has 0 amide bonds. The number of aliphatic hydroxyl groups excluding tert-OH is 3. The summed E-state index contributed by atoms with van der Waals surface area (Å²) in [5, 5.41) is 79.4. The third kappa shape index (κ3) is 6.71. The Labute approximate surface area is 245 Å². The van der Waals surface area contributed by atoms with Gasteiger partial charge < -0.3 is 50.3 Å². The molecule has 0 aromatic heterocycles. The van der Waals surface area contributed by atoms with E-state index in [4.69, 9.17) is 9.47 Å². The predicted molar refractivity (Wildman–Crippen MR) is 148 cm³/mol. The highest BCUT2D eigenvalue weighted by Crippen LogP contribution is 2.45. The molecule has 1 aliphatic heterocycles. The normalized spacial score (nSPS) is 27.3. The van der Waals surface area contributed by atoms with E-state index in [1.807, 2.05) is 0 Å². The van der Waals surface area contributed by atoms with Crippen molar-refractivity contribution in [3.05, 3.63) is 59.2 Å².